The molecule has 0 bridgehead atoms. The maximum atomic E-state index is 13.3. The molecule has 0 spiro atoms. The van der Waals surface area contributed by atoms with Crippen LogP contribution in [-0.4, -0.2) is 38.8 Å². The summed E-state index contributed by atoms with van der Waals surface area (Å²) in [5.41, 5.74) is 4.85. The highest BCUT2D eigenvalue weighted by Crippen LogP contribution is 2.35. The van der Waals surface area contributed by atoms with E-state index < -0.39 is 21.3 Å². The van der Waals surface area contributed by atoms with Gasteiger partial charge in [0.25, 0.3) is 0 Å². The fourth-order valence-corrected chi connectivity index (χ4v) is 4.17. The number of nitrogens with two attached hydrogens (primary N) is 1. The van der Waals surface area contributed by atoms with E-state index in [4.69, 9.17) is 5.73 Å². The number of amides is 1. The average Bonchev–Trinajstić information content (AvgIpc) is 2.85. The largest absolute Gasteiger partial charge is 0.398 e. The Morgan fingerprint density at radius 1 is 1.48 bits per heavy atom. The van der Waals surface area contributed by atoms with Gasteiger partial charge in [0.05, 0.1) is 11.1 Å². The summed E-state index contributed by atoms with van der Waals surface area (Å²) < 4.78 is 39.6. The number of sulfonamides is 1. The van der Waals surface area contributed by atoms with E-state index in [0.29, 0.717) is 6.42 Å². The van der Waals surface area contributed by atoms with Gasteiger partial charge in [0.1, 0.15) is 10.7 Å². The Bertz CT molecular complexity index is 677. The number of carbonyl (C=O) groups excluding carboxylic acids is 1. The van der Waals surface area contributed by atoms with Gasteiger partial charge in [0, 0.05) is 20.1 Å². The van der Waals surface area contributed by atoms with Gasteiger partial charge in [-0.25, -0.2) is 12.8 Å². The van der Waals surface area contributed by atoms with Crippen molar-refractivity contribution in [2.45, 2.75) is 18.2 Å². The van der Waals surface area contributed by atoms with Crippen molar-refractivity contribution >= 4 is 21.6 Å². The summed E-state index contributed by atoms with van der Waals surface area (Å²) in [6.07, 6.45) is 0.404. The lowest BCUT2D eigenvalue weighted by Gasteiger charge is -2.23. The van der Waals surface area contributed by atoms with Crippen molar-refractivity contribution in [1.29, 1.82) is 0 Å². The number of anilines is 1. The van der Waals surface area contributed by atoms with Crippen molar-refractivity contribution in [3.8, 4) is 0 Å². The van der Waals surface area contributed by atoms with Crippen LogP contribution in [0.25, 0.3) is 0 Å². The Morgan fingerprint density at radius 3 is 2.76 bits per heavy atom. The van der Waals surface area contributed by atoms with E-state index in [1.54, 1.807) is 6.92 Å². The van der Waals surface area contributed by atoms with Crippen LogP contribution >= 0.6 is 0 Å². The highest BCUT2D eigenvalue weighted by molar-refractivity contribution is 7.89. The molecule has 1 fully saturated rings. The number of nitrogen functional groups attached to an aromatic ring is 1. The monoisotopic (exact) mass is 315 g/mol. The third kappa shape index (κ3) is 2.73. The summed E-state index contributed by atoms with van der Waals surface area (Å²) in [4.78, 5) is 11.6. The van der Waals surface area contributed by atoms with Crippen LogP contribution in [-0.2, 0) is 14.8 Å². The molecule has 0 radical (unpaired) electrons. The molecule has 3 N–H and O–H groups in total. The van der Waals surface area contributed by atoms with Gasteiger partial charge < -0.3 is 11.1 Å². The van der Waals surface area contributed by atoms with Crippen LogP contribution in [0.1, 0.15) is 13.3 Å². The number of carbonyl (C=O) groups is 1. The highest BCUT2D eigenvalue weighted by Gasteiger charge is 2.44. The van der Waals surface area contributed by atoms with Crippen molar-refractivity contribution in [3.63, 3.8) is 0 Å². The van der Waals surface area contributed by atoms with Crippen LogP contribution < -0.4 is 11.1 Å². The molecule has 1 saturated heterocycles. The smallest absolute Gasteiger partial charge is 0.245 e. The van der Waals surface area contributed by atoms with Crippen LogP contribution in [0.4, 0.5) is 10.1 Å². The van der Waals surface area contributed by atoms with Crippen molar-refractivity contribution in [2.75, 3.05) is 25.9 Å². The molecule has 2 rings (SSSR count). The molecule has 6 nitrogen and oxygen atoms in total. The first-order chi connectivity index (χ1) is 9.70. The van der Waals surface area contributed by atoms with E-state index in [-0.39, 0.29) is 29.6 Å². The van der Waals surface area contributed by atoms with Gasteiger partial charge in [-0.15, -0.1) is 0 Å². The number of halogens is 1. The Morgan fingerprint density at radius 2 is 2.14 bits per heavy atom. The van der Waals surface area contributed by atoms with Crippen LogP contribution in [0.2, 0.25) is 0 Å². The highest BCUT2D eigenvalue weighted by atomic mass is 32.2. The first kappa shape index (κ1) is 15.7. The molecule has 1 aliphatic rings. The maximum Gasteiger partial charge on any atom is 0.245 e. The third-order valence-electron chi connectivity index (χ3n) is 3.81. The molecule has 8 heteroatoms. The number of hydrogen-bond acceptors (Lipinski definition) is 4. The van der Waals surface area contributed by atoms with Gasteiger partial charge in [0.2, 0.25) is 15.9 Å². The summed E-state index contributed by atoms with van der Waals surface area (Å²) >= 11 is 0. The van der Waals surface area contributed by atoms with E-state index in [1.165, 1.54) is 17.4 Å². The van der Waals surface area contributed by atoms with Crippen molar-refractivity contribution < 1.29 is 17.6 Å². The standard InChI is InChI=1S/C13H18FN3O3S/c1-13(12(18)16-2)5-6-17(8-13)21(19,20)11-7-9(14)3-4-10(11)15/h3-4,7H,5-6,8,15H2,1-2H3,(H,16,18). The Labute approximate surface area is 123 Å². The zero-order chi connectivity index (χ0) is 15.8. The lowest BCUT2D eigenvalue weighted by atomic mass is 9.89. The van der Waals surface area contributed by atoms with Crippen LogP contribution in [0.15, 0.2) is 23.1 Å². The molecule has 1 heterocycles. The third-order valence-corrected chi connectivity index (χ3v) is 5.71. The normalized spacial score (nSPS) is 23.2. The second-order valence-electron chi connectivity index (χ2n) is 5.41. The van der Waals surface area contributed by atoms with E-state index in [0.717, 1.165) is 12.1 Å². The molecule has 1 aromatic rings. The molecule has 0 saturated carbocycles. The van der Waals surface area contributed by atoms with Crippen LogP contribution in [0.3, 0.4) is 0 Å². The van der Waals surface area contributed by atoms with Crippen molar-refractivity contribution in [2.24, 2.45) is 5.41 Å². The summed E-state index contributed by atoms with van der Waals surface area (Å²) in [7, 11) is -2.41. The minimum atomic E-state index is -3.92. The van der Waals surface area contributed by atoms with Gasteiger partial charge in [-0.3, -0.25) is 4.79 Å². The van der Waals surface area contributed by atoms with Gasteiger partial charge in [-0.2, -0.15) is 4.31 Å². The summed E-state index contributed by atoms with van der Waals surface area (Å²) in [6.45, 7) is 1.95. The number of hydrogen-bond donors (Lipinski definition) is 2. The van der Waals surface area contributed by atoms with E-state index >= 15 is 0 Å². The number of rotatable bonds is 3. The lowest BCUT2D eigenvalue weighted by Crippen LogP contribution is -2.40. The molecule has 1 atom stereocenters. The second kappa shape index (κ2) is 5.27. The molecule has 21 heavy (non-hydrogen) atoms. The van der Waals surface area contributed by atoms with Gasteiger partial charge in [-0.05, 0) is 31.5 Å². The van der Waals surface area contributed by atoms with Crippen molar-refractivity contribution in [1.82, 2.24) is 9.62 Å². The van der Waals surface area contributed by atoms with Crippen molar-refractivity contribution in [3.05, 3.63) is 24.0 Å². The Balaban J connectivity index is 2.34. The lowest BCUT2D eigenvalue weighted by molar-refractivity contribution is -0.128. The average molecular weight is 315 g/mol. The Hall–Kier alpha value is -1.67. The summed E-state index contributed by atoms with van der Waals surface area (Å²) in [5.74, 6) is -0.886. The topological polar surface area (TPSA) is 92.5 Å². The first-order valence-electron chi connectivity index (χ1n) is 6.48. The molecule has 0 aromatic heterocycles. The van der Waals surface area contributed by atoms with Gasteiger partial charge in [0.15, 0.2) is 0 Å². The minimum absolute atomic E-state index is 0.00931. The molecule has 1 aromatic carbocycles. The molecule has 1 amide bonds. The van der Waals surface area contributed by atoms with E-state index in [2.05, 4.69) is 5.32 Å². The zero-order valence-corrected chi connectivity index (χ0v) is 12.7. The SMILES string of the molecule is CNC(=O)C1(C)CCN(S(=O)(=O)c2cc(F)ccc2N)C1. The fraction of sp³-hybridized carbons (Fsp3) is 0.462. The van der Waals surface area contributed by atoms with Gasteiger partial charge in [-0.1, -0.05) is 0 Å². The molecular weight excluding hydrogens is 297 g/mol. The van der Waals surface area contributed by atoms with Gasteiger partial charge >= 0.3 is 0 Å². The van der Waals surface area contributed by atoms with E-state index in [9.17, 15) is 17.6 Å². The predicted octanol–water partition coefficient (Wildman–Crippen LogP) is 0.555. The quantitative estimate of drug-likeness (QED) is 0.797. The zero-order valence-electron chi connectivity index (χ0n) is 11.9. The van der Waals surface area contributed by atoms with E-state index in [1.807, 2.05) is 0 Å². The Kier molecular flexibility index (Phi) is 3.94. The number of benzene rings is 1. The molecular formula is C13H18FN3O3S. The molecule has 1 unspecified atom stereocenters. The first-order valence-corrected chi connectivity index (χ1v) is 7.92. The fourth-order valence-electron chi connectivity index (χ4n) is 2.48. The second-order valence-corrected chi connectivity index (χ2v) is 7.32. The molecule has 1 aliphatic heterocycles. The number of nitrogens with one attached hydrogen (secondary N) is 1. The summed E-state index contributed by atoms with van der Waals surface area (Å²) in [6, 6.07) is 3.23. The minimum Gasteiger partial charge on any atom is -0.398 e. The maximum absolute atomic E-state index is 13.3. The van der Waals surface area contributed by atoms with Crippen LogP contribution in [0, 0.1) is 11.2 Å². The molecule has 116 valence electrons. The number of nitrogens with zero attached hydrogens (tertiary/aromatic N) is 1. The molecule has 0 aliphatic carbocycles. The summed E-state index contributed by atoms with van der Waals surface area (Å²) in [5, 5.41) is 2.53. The predicted molar refractivity (Wildman–Crippen MR) is 76.4 cm³/mol. The van der Waals surface area contributed by atoms with Crippen LogP contribution in [0.5, 0.6) is 0 Å².